The number of halogens is 1. The number of hydrogen-bond acceptors (Lipinski definition) is 3. The highest BCUT2D eigenvalue weighted by Crippen LogP contribution is 2.30. The Morgan fingerprint density at radius 2 is 1.61 bits per heavy atom. The third-order valence-electron chi connectivity index (χ3n) is 5.65. The molecule has 1 N–H and O–H groups in total. The maximum absolute atomic E-state index is 13.7. The number of nitrogens with zero attached hydrogens (tertiary/aromatic N) is 3. The van der Waals surface area contributed by atoms with Crippen LogP contribution in [0.3, 0.4) is 0 Å². The van der Waals surface area contributed by atoms with E-state index in [0.717, 1.165) is 12.0 Å². The Morgan fingerprint density at radius 3 is 2.21 bits per heavy atom. The first-order valence-electron chi connectivity index (χ1n) is 11.1. The fourth-order valence-electron chi connectivity index (χ4n) is 4.05. The molecule has 2 aromatic heterocycles. The van der Waals surface area contributed by atoms with Gasteiger partial charge in [-0.05, 0) is 49.6 Å². The van der Waals surface area contributed by atoms with Crippen molar-refractivity contribution in [2.75, 3.05) is 6.54 Å². The number of aromatic amines is 1. The van der Waals surface area contributed by atoms with E-state index >= 15 is 0 Å². The van der Waals surface area contributed by atoms with Gasteiger partial charge in [-0.15, -0.1) is 0 Å². The smallest absolute Gasteiger partial charge is 0.294 e. The monoisotopic (exact) mass is 465 g/mol. The van der Waals surface area contributed by atoms with Crippen molar-refractivity contribution in [2.24, 2.45) is 0 Å². The Labute approximate surface area is 196 Å². The first kappa shape index (κ1) is 22.7. The molecule has 0 unspecified atom stereocenters. The number of H-pyrrole nitrogens is 1. The van der Waals surface area contributed by atoms with Crippen molar-refractivity contribution in [1.82, 2.24) is 14.7 Å². The molecule has 0 bridgehead atoms. The highest BCUT2D eigenvalue weighted by Gasteiger charge is 2.46. The Kier molecular flexibility index (Phi) is 6.33. The summed E-state index contributed by atoms with van der Waals surface area (Å²) in [6.07, 6.45) is 5.43. The van der Waals surface area contributed by atoms with Crippen molar-refractivity contribution in [2.45, 2.75) is 40.0 Å². The third-order valence-corrected chi connectivity index (χ3v) is 5.90. The van der Waals surface area contributed by atoms with Gasteiger partial charge in [0, 0.05) is 29.4 Å². The quantitative estimate of drug-likeness (QED) is 0.428. The normalized spacial score (nSPS) is 14.0. The molecule has 0 spiro atoms. The molecule has 33 heavy (non-hydrogen) atoms. The van der Waals surface area contributed by atoms with Gasteiger partial charge < -0.3 is 0 Å². The van der Waals surface area contributed by atoms with Gasteiger partial charge in [0.1, 0.15) is 5.57 Å². The van der Waals surface area contributed by atoms with E-state index in [0.29, 0.717) is 29.2 Å². The van der Waals surface area contributed by atoms with Crippen molar-refractivity contribution in [1.29, 1.82) is 0 Å². The second kappa shape index (κ2) is 9.19. The summed E-state index contributed by atoms with van der Waals surface area (Å²) in [5, 5.41) is 3.72. The van der Waals surface area contributed by atoms with Gasteiger partial charge in [0.2, 0.25) is 0 Å². The van der Waals surface area contributed by atoms with Gasteiger partial charge in [-0.2, -0.15) is 4.57 Å². The molecule has 0 fully saturated rings. The topological polar surface area (TPSA) is 79.1 Å². The minimum Gasteiger partial charge on any atom is -0.294 e. The average Bonchev–Trinajstić information content (AvgIpc) is 3.23. The summed E-state index contributed by atoms with van der Waals surface area (Å²) < 4.78 is 3.04. The molecule has 4 rings (SSSR count). The SMILES string of the molecule is CCCc1[nH]n(-c2ccc(Cl)cc2)c(=O)c1C1=C([n+]2ccc(C)cc2)C(=O)N(CCC)C1=O. The van der Waals surface area contributed by atoms with E-state index in [2.05, 4.69) is 5.10 Å². The van der Waals surface area contributed by atoms with Crippen LogP contribution in [0.25, 0.3) is 17.0 Å². The number of carbonyl (C=O) groups is 2. The van der Waals surface area contributed by atoms with E-state index in [1.165, 1.54) is 9.58 Å². The van der Waals surface area contributed by atoms with E-state index in [1.807, 2.05) is 32.9 Å². The Balaban J connectivity index is 1.99. The lowest BCUT2D eigenvalue weighted by Crippen LogP contribution is -2.39. The van der Waals surface area contributed by atoms with Crippen LogP contribution in [-0.4, -0.2) is 33.0 Å². The summed E-state index contributed by atoms with van der Waals surface area (Å²) in [6.45, 7) is 6.14. The minimum atomic E-state index is -0.443. The van der Waals surface area contributed by atoms with E-state index in [4.69, 9.17) is 11.6 Å². The van der Waals surface area contributed by atoms with Gasteiger partial charge in [-0.3, -0.25) is 24.4 Å². The number of amides is 2. The summed E-state index contributed by atoms with van der Waals surface area (Å²) in [6, 6.07) is 10.6. The predicted octanol–water partition coefficient (Wildman–Crippen LogP) is 3.51. The lowest BCUT2D eigenvalue weighted by atomic mass is 10.0. The molecule has 1 aromatic carbocycles. The van der Waals surface area contributed by atoms with E-state index in [1.54, 1.807) is 41.2 Å². The standard InChI is InChI=1S/C25H25ClN4O3/c1-4-6-19-20(24(32)30(27-19)18-9-7-17(26)8-10-18)21-22(28-14-11-16(3)12-15-28)25(33)29(13-5-2)23(21)31/h7-12,14-15H,4-6,13H2,1-3H3/p+1. The number of hydrogen-bond donors (Lipinski definition) is 1. The highest BCUT2D eigenvalue weighted by molar-refractivity contribution is 6.44. The zero-order valence-electron chi connectivity index (χ0n) is 18.9. The molecule has 2 amide bonds. The highest BCUT2D eigenvalue weighted by atomic mass is 35.5. The lowest BCUT2D eigenvalue weighted by Gasteiger charge is -2.11. The van der Waals surface area contributed by atoms with E-state index in [-0.39, 0.29) is 28.9 Å². The van der Waals surface area contributed by atoms with Gasteiger partial charge in [0.25, 0.3) is 17.2 Å². The average molecular weight is 466 g/mol. The number of rotatable bonds is 7. The summed E-state index contributed by atoms with van der Waals surface area (Å²) in [5.41, 5.74) is 2.45. The van der Waals surface area contributed by atoms with Crippen LogP contribution in [0, 0.1) is 6.92 Å². The van der Waals surface area contributed by atoms with Crippen molar-refractivity contribution < 1.29 is 14.2 Å². The van der Waals surface area contributed by atoms with Crippen LogP contribution in [0.15, 0.2) is 53.6 Å². The first-order chi connectivity index (χ1) is 15.9. The van der Waals surface area contributed by atoms with Crippen molar-refractivity contribution in [3.8, 4) is 5.69 Å². The van der Waals surface area contributed by atoms with Crippen LogP contribution >= 0.6 is 11.6 Å². The van der Waals surface area contributed by atoms with Gasteiger partial charge in [0.15, 0.2) is 12.4 Å². The van der Waals surface area contributed by atoms with Gasteiger partial charge in [-0.25, -0.2) is 4.68 Å². The zero-order valence-corrected chi connectivity index (χ0v) is 19.6. The van der Waals surface area contributed by atoms with E-state index in [9.17, 15) is 14.4 Å². The number of aromatic nitrogens is 3. The van der Waals surface area contributed by atoms with Crippen LogP contribution in [0.4, 0.5) is 0 Å². The molecular weight excluding hydrogens is 440 g/mol. The van der Waals surface area contributed by atoms with Crippen LogP contribution in [0.1, 0.15) is 43.5 Å². The summed E-state index contributed by atoms with van der Waals surface area (Å²) in [7, 11) is 0. The molecule has 0 radical (unpaired) electrons. The molecule has 8 heteroatoms. The molecule has 1 aliphatic rings. The number of carbonyl (C=O) groups excluding carboxylic acids is 2. The van der Waals surface area contributed by atoms with Gasteiger partial charge in [0.05, 0.1) is 11.3 Å². The number of imide groups is 1. The molecule has 0 saturated heterocycles. The number of nitrogens with one attached hydrogen (secondary N) is 1. The van der Waals surface area contributed by atoms with Crippen LogP contribution in [-0.2, 0) is 16.0 Å². The number of aryl methyl sites for hydroxylation is 2. The van der Waals surface area contributed by atoms with Crippen LogP contribution < -0.4 is 10.1 Å². The molecule has 0 aliphatic carbocycles. The van der Waals surface area contributed by atoms with Gasteiger partial charge >= 0.3 is 5.91 Å². The van der Waals surface area contributed by atoms with Crippen molar-refractivity contribution >= 4 is 34.7 Å². The summed E-state index contributed by atoms with van der Waals surface area (Å²) >= 11 is 6.01. The predicted molar refractivity (Wildman–Crippen MR) is 127 cm³/mol. The Morgan fingerprint density at radius 1 is 0.939 bits per heavy atom. The van der Waals surface area contributed by atoms with Crippen molar-refractivity contribution in [3.63, 3.8) is 0 Å². The molecule has 1 aliphatic heterocycles. The molecule has 7 nitrogen and oxygen atoms in total. The molecule has 0 atom stereocenters. The fourth-order valence-corrected chi connectivity index (χ4v) is 4.17. The number of pyridine rings is 1. The fraction of sp³-hybridized carbons (Fsp3) is 0.280. The molecular formula is C25H26ClN4O3+. The Hall–Kier alpha value is -3.45. The largest absolute Gasteiger partial charge is 0.326 e. The number of benzene rings is 1. The first-order valence-corrected chi connectivity index (χ1v) is 11.4. The third kappa shape index (κ3) is 4.04. The van der Waals surface area contributed by atoms with Crippen LogP contribution in [0.5, 0.6) is 0 Å². The maximum Gasteiger partial charge on any atom is 0.326 e. The second-order valence-electron chi connectivity index (χ2n) is 8.10. The van der Waals surface area contributed by atoms with Crippen molar-refractivity contribution in [3.05, 3.63) is 81.0 Å². The van der Waals surface area contributed by atoms with Gasteiger partial charge in [-0.1, -0.05) is 31.9 Å². The minimum absolute atomic E-state index is 0.139. The zero-order chi connectivity index (χ0) is 23.7. The molecule has 3 aromatic rings. The van der Waals surface area contributed by atoms with E-state index < -0.39 is 11.8 Å². The Bertz CT molecular complexity index is 1300. The summed E-state index contributed by atoms with van der Waals surface area (Å²) in [5.74, 6) is -0.839. The van der Waals surface area contributed by atoms with Crippen LogP contribution in [0.2, 0.25) is 5.02 Å². The maximum atomic E-state index is 13.7. The second-order valence-corrected chi connectivity index (χ2v) is 8.54. The molecule has 170 valence electrons. The molecule has 3 heterocycles. The lowest BCUT2D eigenvalue weighted by molar-refractivity contribution is -0.577. The molecule has 0 saturated carbocycles. The summed E-state index contributed by atoms with van der Waals surface area (Å²) in [4.78, 5) is 41.8.